The molecule has 6 heteroatoms. The maximum Gasteiger partial charge on any atom is 0.273 e. The number of piperazine rings is 1. The van der Waals surface area contributed by atoms with Gasteiger partial charge < -0.3 is 14.7 Å². The molecule has 4 saturated carbocycles. The maximum absolute atomic E-state index is 13.2. The molecular weight excluding hydrogens is 472 g/mol. The molecule has 1 N–H and O–H groups in total. The van der Waals surface area contributed by atoms with Gasteiger partial charge in [0.15, 0.2) is 11.5 Å². The van der Waals surface area contributed by atoms with Crippen LogP contribution in [0.2, 0.25) is 0 Å². The van der Waals surface area contributed by atoms with E-state index in [0.717, 1.165) is 75.3 Å². The van der Waals surface area contributed by atoms with Crippen molar-refractivity contribution in [1.82, 2.24) is 20.3 Å². The van der Waals surface area contributed by atoms with Crippen molar-refractivity contribution in [3.63, 3.8) is 0 Å². The number of hydrogen-bond donors (Lipinski definition) is 1. The Morgan fingerprint density at radius 3 is 2.24 bits per heavy atom. The molecule has 4 bridgehead atoms. The molecule has 38 heavy (non-hydrogen) atoms. The normalized spacial score (nSPS) is 29.0. The van der Waals surface area contributed by atoms with Crippen LogP contribution in [-0.4, -0.2) is 59.6 Å². The molecule has 8 rings (SSSR count). The molecule has 3 aromatic rings. The Bertz CT molecular complexity index is 1270. The van der Waals surface area contributed by atoms with Gasteiger partial charge in [-0.05, 0) is 86.1 Å². The average molecular weight is 511 g/mol. The second-order valence-corrected chi connectivity index (χ2v) is 12.6. The monoisotopic (exact) mass is 510 g/mol. The first-order valence-electron chi connectivity index (χ1n) is 14.4. The summed E-state index contributed by atoms with van der Waals surface area (Å²) in [7, 11) is 2.19. The van der Waals surface area contributed by atoms with Crippen molar-refractivity contribution in [2.45, 2.75) is 50.6 Å². The van der Waals surface area contributed by atoms with Crippen molar-refractivity contribution in [1.29, 1.82) is 0 Å². The minimum Gasteiger partial charge on any atom is -0.355 e. The van der Waals surface area contributed by atoms with E-state index < -0.39 is 0 Å². The summed E-state index contributed by atoms with van der Waals surface area (Å²) in [5.74, 6) is 2.92. The first-order chi connectivity index (χ1) is 18.5. The van der Waals surface area contributed by atoms with Crippen molar-refractivity contribution in [3.05, 3.63) is 65.9 Å². The van der Waals surface area contributed by atoms with E-state index >= 15 is 0 Å². The molecule has 0 spiro atoms. The van der Waals surface area contributed by atoms with Gasteiger partial charge in [-0.3, -0.25) is 9.69 Å². The highest BCUT2D eigenvalue weighted by Crippen LogP contribution is 2.55. The second-order valence-electron chi connectivity index (χ2n) is 12.6. The van der Waals surface area contributed by atoms with Crippen LogP contribution in [0.4, 0.5) is 0 Å². The third kappa shape index (κ3) is 4.80. The second kappa shape index (κ2) is 9.65. The minimum atomic E-state index is -0.0873. The van der Waals surface area contributed by atoms with Gasteiger partial charge in [0.2, 0.25) is 0 Å². The van der Waals surface area contributed by atoms with Crippen molar-refractivity contribution in [2.75, 3.05) is 33.2 Å². The van der Waals surface area contributed by atoms with Crippen LogP contribution in [-0.2, 0) is 6.54 Å². The van der Waals surface area contributed by atoms with E-state index in [1.807, 2.05) is 0 Å². The Morgan fingerprint density at radius 2 is 1.55 bits per heavy atom. The van der Waals surface area contributed by atoms with Crippen LogP contribution in [0, 0.1) is 17.8 Å². The summed E-state index contributed by atoms with van der Waals surface area (Å²) in [6.07, 6.45) is 7.48. The summed E-state index contributed by atoms with van der Waals surface area (Å²) < 4.78 is 5.63. The zero-order valence-electron chi connectivity index (χ0n) is 22.4. The van der Waals surface area contributed by atoms with Crippen molar-refractivity contribution in [2.24, 2.45) is 17.8 Å². The lowest BCUT2D eigenvalue weighted by atomic mass is 9.53. The van der Waals surface area contributed by atoms with Gasteiger partial charge in [0, 0.05) is 49.9 Å². The first kappa shape index (κ1) is 24.1. The zero-order valence-corrected chi connectivity index (χ0v) is 22.4. The van der Waals surface area contributed by atoms with E-state index in [2.05, 4.69) is 75.9 Å². The van der Waals surface area contributed by atoms with Gasteiger partial charge in [-0.2, -0.15) is 0 Å². The smallest absolute Gasteiger partial charge is 0.273 e. The predicted molar refractivity (Wildman–Crippen MR) is 149 cm³/mol. The molecule has 1 amide bonds. The molecule has 1 aromatic heterocycles. The first-order valence-corrected chi connectivity index (χ1v) is 14.4. The highest BCUT2D eigenvalue weighted by atomic mass is 16.5. The summed E-state index contributed by atoms with van der Waals surface area (Å²) in [5, 5.41) is 7.55. The van der Waals surface area contributed by atoms with Crippen molar-refractivity contribution in [3.8, 4) is 22.5 Å². The molecule has 0 atom stereocenters. The summed E-state index contributed by atoms with van der Waals surface area (Å²) in [6, 6.07) is 19.0. The SMILES string of the molecule is CN1CCN(Cc2cccc(-c3ccc(-c4cc(C(=O)NC56CC7CC(CC(C7)C5)C6)no4)cc3)c2)CC1. The van der Waals surface area contributed by atoms with Gasteiger partial charge in [-0.15, -0.1) is 0 Å². The number of aromatic nitrogens is 1. The summed E-state index contributed by atoms with van der Waals surface area (Å²) in [5.41, 5.74) is 5.04. The van der Waals surface area contributed by atoms with E-state index in [1.54, 1.807) is 6.07 Å². The number of nitrogens with zero attached hydrogens (tertiary/aromatic N) is 3. The molecule has 5 aliphatic rings. The van der Waals surface area contributed by atoms with Crippen LogP contribution in [0.5, 0.6) is 0 Å². The Labute approximate surface area is 225 Å². The highest BCUT2D eigenvalue weighted by Gasteiger charge is 2.51. The quantitative estimate of drug-likeness (QED) is 0.478. The van der Waals surface area contributed by atoms with Crippen LogP contribution >= 0.6 is 0 Å². The summed E-state index contributed by atoms with van der Waals surface area (Å²) in [6.45, 7) is 5.50. The predicted octanol–water partition coefficient (Wildman–Crippen LogP) is 5.45. The average Bonchev–Trinajstić information content (AvgIpc) is 3.40. The van der Waals surface area contributed by atoms with E-state index in [0.29, 0.717) is 11.5 Å². The molecular formula is C32H38N4O2. The van der Waals surface area contributed by atoms with E-state index in [9.17, 15) is 4.79 Å². The fourth-order valence-corrected chi connectivity index (χ4v) is 8.03. The molecule has 5 fully saturated rings. The lowest BCUT2D eigenvalue weighted by Crippen LogP contribution is -2.59. The topological polar surface area (TPSA) is 61.6 Å². The lowest BCUT2D eigenvalue weighted by Gasteiger charge is -2.56. The van der Waals surface area contributed by atoms with Crippen LogP contribution in [0.15, 0.2) is 59.1 Å². The third-order valence-electron chi connectivity index (χ3n) is 9.59. The number of likely N-dealkylation sites (N-methyl/N-ethyl adjacent to an activating group) is 1. The molecule has 4 aliphatic carbocycles. The number of benzene rings is 2. The van der Waals surface area contributed by atoms with E-state index in [1.165, 1.54) is 36.0 Å². The van der Waals surface area contributed by atoms with Crippen LogP contribution in [0.1, 0.15) is 54.6 Å². The number of rotatable bonds is 6. The fourth-order valence-electron chi connectivity index (χ4n) is 8.03. The van der Waals surface area contributed by atoms with E-state index in [4.69, 9.17) is 4.52 Å². The minimum absolute atomic E-state index is 0.0223. The van der Waals surface area contributed by atoms with Gasteiger partial charge in [0.1, 0.15) is 0 Å². The van der Waals surface area contributed by atoms with Gasteiger partial charge in [0.25, 0.3) is 5.91 Å². The molecule has 6 nitrogen and oxygen atoms in total. The standard InChI is InChI=1S/C32H38N4O2/c1-35-9-11-36(12-10-35)21-22-3-2-4-28(16-22)26-5-7-27(8-6-26)30-17-29(34-38-30)31(37)33-32-18-23-13-24(19-32)15-25(14-23)20-32/h2-8,16-17,23-25H,9-15,18-21H2,1H3,(H,33,37). The van der Waals surface area contributed by atoms with Gasteiger partial charge in [0.05, 0.1) is 0 Å². The molecule has 2 aromatic carbocycles. The number of nitrogens with one attached hydrogen (secondary N) is 1. The highest BCUT2D eigenvalue weighted by molar-refractivity contribution is 5.93. The summed E-state index contributed by atoms with van der Waals surface area (Å²) >= 11 is 0. The van der Waals surface area contributed by atoms with Gasteiger partial charge >= 0.3 is 0 Å². The number of amides is 1. The Hall–Kier alpha value is -2.96. The largest absolute Gasteiger partial charge is 0.355 e. The zero-order chi connectivity index (χ0) is 25.7. The van der Waals surface area contributed by atoms with E-state index in [-0.39, 0.29) is 11.4 Å². The Kier molecular flexibility index (Phi) is 6.12. The Balaban J connectivity index is 1.02. The maximum atomic E-state index is 13.2. The molecule has 198 valence electrons. The third-order valence-corrected chi connectivity index (χ3v) is 9.59. The summed E-state index contributed by atoms with van der Waals surface area (Å²) in [4.78, 5) is 18.1. The molecule has 0 unspecified atom stereocenters. The lowest BCUT2D eigenvalue weighted by molar-refractivity contribution is -0.0168. The number of carbonyl (C=O) groups is 1. The molecule has 2 heterocycles. The number of carbonyl (C=O) groups excluding carboxylic acids is 1. The van der Waals surface area contributed by atoms with Crippen molar-refractivity contribution < 1.29 is 9.32 Å². The van der Waals surface area contributed by atoms with Gasteiger partial charge in [-0.1, -0.05) is 47.6 Å². The fraction of sp³-hybridized carbons (Fsp3) is 0.500. The van der Waals surface area contributed by atoms with Crippen LogP contribution in [0.3, 0.4) is 0 Å². The Morgan fingerprint density at radius 1 is 0.895 bits per heavy atom. The molecule has 1 aliphatic heterocycles. The van der Waals surface area contributed by atoms with Gasteiger partial charge in [-0.25, -0.2) is 0 Å². The molecule has 0 radical (unpaired) electrons. The number of hydrogen-bond acceptors (Lipinski definition) is 5. The van der Waals surface area contributed by atoms with Crippen LogP contribution in [0.25, 0.3) is 22.5 Å². The van der Waals surface area contributed by atoms with Crippen molar-refractivity contribution >= 4 is 5.91 Å². The van der Waals surface area contributed by atoms with Crippen LogP contribution < -0.4 is 5.32 Å². The molecule has 1 saturated heterocycles.